The second-order valence-electron chi connectivity index (χ2n) is 11.7. The smallest absolute Gasteiger partial charge is 0.253 e. The monoisotopic (exact) mass is 562 g/mol. The van der Waals surface area contributed by atoms with E-state index in [1.54, 1.807) is 0 Å². The SMILES string of the molecule is Cc1cccc(Nc2ccccc2C(=O)NCCCCCCCCCNc2c3c(nc4ccccc24)CCCC3)c1C. The molecule has 0 unspecified atom stereocenters. The molecule has 1 aliphatic carbocycles. The Labute approximate surface area is 251 Å². The summed E-state index contributed by atoms with van der Waals surface area (Å²) in [5.74, 6) is -0.0147. The number of nitrogens with one attached hydrogen (secondary N) is 3. The highest BCUT2D eigenvalue weighted by atomic mass is 16.1. The number of aryl methyl sites for hydroxylation is 2. The number of nitrogens with zero attached hydrogens (tertiary/aromatic N) is 1. The lowest BCUT2D eigenvalue weighted by Crippen LogP contribution is -2.25. The lowest BCUT2D eigenvalue weighted by atomic mass is 9.92. The second kappa shape index (κ2) is 14.9. The van der Waals surface area contributed by atoms with Gasteiger partial charge in [-0.05, 0) is 93.3 Å². The molecule has 3 aromatic carbocycles. The molecule has 0 saturated carbocycles. The van der Waals surface area contributed by atoms with Gasteiger partial charge in [0.1, 0.15) is 0 Å². The Kier molecular flexibility index (Phi) is 10.5. The van der Waals surface area contributed by atoms with Crippen LogP contribution in [0.1, 0.15) is 90.5 Å². The van der Waals surface area contributed by atoms with Crippen molar-refractivity contribution in [2.24, 2.45) is 0 Å². The fourth-order valence-corrected chi connectivity index (χ4v) is 6.04. The van der Waals surface area contributed by atoms with Crippen molar-refractivity contribution >= 4 is 33.9 Å². The molecule has 0 saturated heterocycles. The van der Waals surface area contributed by atoms with Crippen molar-refractivity contribution in [2.45, 2.75) is 84.5 Å². The van der Waals surface area contributed by atoms with E-state index in [4.69, 9.17) is 4.98 Å². The van der Waals surface area contributed by atoms with Crippen LogP contribution in [-0.2, 0) is 12.8 Å². The first-order chi connectivity index (χ1) is 20.6. The van der Waals surface area contributed by atoms with Gasteiger partial charge in [0.05, 0.1) is 16.8 Å². The summed E-state index contributed by atoms with van der Waals surface area (Å²) >= 11 is 0. The summed E-state index contributed by atoms with van der Waals surface area (Å²) in [6.45, 7) is 5.94. The Hall–Kier alpha value is -3.86. The van der Waals surface area contributed by atoms with Gasteiger partial charge in [0, 0.05) is 35.5 Å². The quantitative estimate of drug-likeness (QED) is 0.134. The van der Waals surface area contributed by atoms with Crippen LogP contribution in [0.4, 0.5) is 17.1 Å². The maximum atomic E-state index is 12.9. The zero-order valence-electron chi connectivity index (χ0n) is 25.4. The summed E-state index contributed by atoms with van der Waals surface area (Å²) in [6.07, 6.45) is 13.1. The van der Waals surface area contributed by atoms with Crippen LogP contribution < -0.4 is 16.0 Å². The molecule has 0 bridgehead atoms. The van der Waals surface area contributed by atoms with Crippen LogP contribution in [-0.4, -0.2) is 24.0 Å². The van der Waals surface area contributed by atoms with E-state index in [1.807, 2.05) is 30.3 Å². The van der Waals surface area contributed by atoms with Gasteiger partial charge < -0.3 is 16.0 Å². The summed E-state index contributed by atoms with van der Waals surface area (Å²) in [5, 5.41) is 11.7. The van der Waals surface area contributed by atoms with E-state index in [-0.39, 0.29) is 5.91 Å². The van der Waals surface area contributed by atoms with Crippen molar-refractivity contribution in [3.63, 3.8) is 0 Å². The van der Waals surface area contributed by atoms with E-state index in [0.29, 0.717) is 12.1 Å². The number of hydrogen-bond donors (Lipinski definition) is 3. The third kappa shape index (κ3) is 7.50. The fourth-order valence-electron chi connectivity index (χ4n) is 6.04. The van der Waals surface area contributed by atoms with Gasteiger partial charge in [0.15, 0.2) is 0 Å². The normalized spacial score (nSPS) is 12.6. The molecule has 4 aromatic rings. The van der Waals surface area contributed by atoms with E-state index < -0.39 is 0 Å². The predicted octanol–water partition coefficient (Wildman–Crippen LogP) is 9.05. The lowest BCUT2D eigenvalue weighted by molar-refractivity contribution is 0.0953. The van der Waals surface area contributed by atoms with Crippen LogP contribution in [0.15, 0.2) is 66.7 Å². The molecule has 0 fully saturated rings. The number of benzene rings is 3. The number of unbranched alkanes of at least 4 members (excludes halogenated alkanes) is 6. The van der Waals surface area contributed by atoms with Gasteiger partial charge in [0.2, 0.25) is 0 Å². The average Bonchev–Trinajstić information content (AvgIpc) is 3.01. The number of hydrogen-bond acceptors (Lipinski definition) is 4. The molecule has 1 aliphatic rings. The summed E-state index contributed by atoms with van der Waals surface area (Å²) < 4.78 is 0. The van der Waals surface area contributed by atoms with Crippen LogP contribution in [0.3, 0.4) is 0 Å². The number of carbonyl (C=O) groups excluding carboxylic acids is 1. The number of fused-ring (bicyclic) bond motifs is 2. The maximum Gasteiger partial charge on any atom is 0.253 e. The van der Waals surface area contributed by atoms with E-state index in [1.165, 1.54) is 78.4 Å². The molecule has 5 heteroatoms. The topological polar surface area (TPSA) is 66.1 Å². The molecule has 1 heterocycles. The van der Waals surface area contributed by atoms with Crippen molar-refractivity contribution in [3.8, 4) is 0 Å². The van der Waals surface area contributed by atoms with Crippen molar-refractivity contribution in [1.82, 2.24) is 10.3 Å². The molecule has 0 spiro atoms. The van der Waals surface area contributed by atoms with Crippen LogP contribution in [0.5, 0.6) is 0 Å². The van der Waals surface area contributed by atoms with E-state index in [9.17, 15) is 4.79 Å². The number of carbonyl (C=O) groups is 1. The highest BCUT2D eigenvalue weighted by molar-refractivity contribution is 6.00. The first-order valence-corrected chi connectivity index (χ1v) is 16.0. The molecule has 5 rings (SSSR count). The van der Waals surface area contributed by atoms with Crippen LogP contribution in [0, 0.1) is 13.8 Å². The average molecular weight is 563 g/mol. The number of amides is 1. The third-order valence-corrected chi connectivity index (χ3v) is 8.66. The fraction of sp³-hybridized carbons (Fsp3) is 0.405. The summed E-state index contributed by atoms with van der Waals surface area (Å²) in [7, 11) is 0. The molecule has 1 aromatic heterocycles. The van der Waals surface area contributed by atoms with Gasteiger partial charge in [-0.3, -0.25) is 9.78 Å². The first-order valence-electron chi connectivity index (χ1n) is 16.0. The number of anilines is 3. The Morgan fingerprint density at radius 3 is 2.29 bits per heavy atom. The molecular weight excluding hydrogens is 516 g/mol. The first kappa shape index (κ1) is 29.6. The number of rotatable bonds is 14. The molecule has 220 valence electrons. The molecule has 3 N–H and O–H groups in total. The summed E-state index contributed by atoms with van der Waals surface area (Å²) in [4.78, 5) is 17.9. The van der Waals surface area contributed by atoms with Crippen molar-refractivity contribution in [2.75, 3.05) is 23.7 Å². The summed E-state index contributed by atoms with van der Waals surface area (Å²) in [6, 6.07) is 22.5. The molecule has 1 amide bonds. The minimum absolute atomic E-state index is 0.0147. The van der Waals surface area contributed by atoms with Gasteiger partial charge in [-0.25, -0.2) is 0 Å². The minimum Gasteiger partial charge on any atom is -0.384 e. The Morgan fingerprint density at radius 2 is 1.43 bits per heavy atom. The largest absolute Gasteiger partial charge is 0.384 e. The number of aromatic nitrogens is 1. The standard InChI is InChI=1S/C37H46N4O/c1-27-17-16-24-32(28(27)2)40-35-23-13-10-20-31(35)37(42)39-26-15-7-5-3-4-6-14-25-38-36-29-18-8-11-21-33(29)41-34-22-12-9-19-30(34)36/h8,10-11,13,16-18,20-21,23-24,40H,3-7,9,12,14-15,19,22,25-26H2,1-2H3,(H,38,41)(H,39,42). The predicted molar refractivity (Wildman–Crippen MR) is 177 cm³/mol. The molecule has 0 aliphatic heterocycles. The zero-order chi connectivity index (χ0) is 29.1. The summed E-state index contributed by atoms with van der Waals surface area (Å²) in [5.41, 5.74) is 10.2. The van der Waals surface area contributed by atoms with Crippen molar-refractivity contribution in [3.05, 3.63) is 94.7 Å². The van der Waals surface area contributed by atoms with Crippen LogP contribution in [0.25, 0.3) is 10.9 Å². The zero-order valence-corrected chi connectivity index (χ0v) is 25.4. The van der Waals surface area contributed by atoms with Crippen molar-refractivity contribution < 1.29 is 4.79 Å². The molecule has 42 heavy (non-hydrogen) atoms. The van der Waals surface area contributed by atoms with Gasteiger partial charge in [-0.1, -0.05) is 74.6 Å². The Morgan fingerprint density at radius 1 is 0.738 bits per heavy atom. The number of pyridine rings is 1. The highest BCUT2D eigenvalue weighted by Gasteiger charge is 2.17. The van der Waals surface area contributed by atoms with Gasteiger partial charge in [-0.2, -0.15) is 0 Å². The Balaban J connectivity index is 0.975. The van der Waals surface area contributed by atoms with Crippen molar-refractivity contribution in [1.29, 1.82) is 0 Å². The highest BCUT2D eigenvalue weighted by Crippen LogP contribution is 2.33. The molecule has 5 nitrogen and oxygen atoms in total. The van der Waals surface area contributed by atoms with E-state index in [2.05, 4.69) is 66.2 Å². The number of para-hydroxylation sites is 2. The van der Waals surface area contributed by atoms with Crippen LogP contribution >= 0.6 is 0 Å². The van der Waals surface area contributed by atoms with Gasteiger partial charge in [-0.15, -0.1) is 0 Å². The third-order valence-electron chi connectivity index (χ3n) is 8.66. The Bertz CT molecular complexity index is 1490. The van der Waals surface area contributed by atoms with Gasteiger partial charge >= 0.3 is 0 Å². The maximum absolute atomic E-state index is 12.9. The van der Waals surface area contributed by atoms with E-state index >= 15 is 0 Å². The van der Waals surface area contributed by atoms with Gasteiger partial charge in [0.25, 0.3) is 5.91 Å². The second-order valence-corrected chi connectivity index (χ2v) is 11.7. The van der Waals surface area contributed by atoms with Crippen LogP contribution in [0.2, 0.25) is 0 Å². The lowest BCUT2D eigenvalue weighted by Gasteiger charge is -2.21. The van der Waals surface area contributed by atoms with E-state index in [0.717, 1.165) is 49.1 Å². The molecule has 0 atom stereocenters. The minimum atomic E-state index is -0.0147. The molecule has 0 radical (unpaired) electrons. The molecular formula is C37H46N4O.